The van der Waals surface area contributed by atoms with Crippen molar-refractivity contribution in [3.63, 3.8) is 0 Å². The number of para-hydroxylation sites is 1. The average Bonchev–Trinajstić information content (AvgIpc) is 3.13. The molecule has 5 atom stereocenters. The van der Waals surface area contributed by atoms with Gasteiger partial charge in [-0.05, 0) is 24.3 Å². The van der Waals surface area contributed by atoms with Crippen LogP contribution in [0.2, 0.25) is 0 Å². The third kappa shape index (κ3) is 2.77. The van der Waals surface area contributed by atoms with E-state index in [-0.39, 0.29) is 17.6 Å². The van der Waals surface area contributed by atoms with E-state index in [2.05, 4.69) is 37.4 Å². The number of aliphatic hydroxyl groups is 2. The lowest BCUT2D eigenvalue weighted by Gasteiger charge is -2.23. The number of nitrogens with zero attached hydrogens (tertiary/aromatic N) is 4. The maximum absolute atomic E-state index is 12.5. The Morgan fingerprint density at radius 1 is 1.24 bits per heavy atom. The topological polar surface area (TPSA) is 138 Å². The summed E-state index contributed by atoms with van der Waals surface area (Å²) in [5.41, 5.74) is 0.730. The first kappa shape index (κ1) is 20.7. The van der Waals surface area contributed by atoms with Crippen LogP contribution in [0.4, 0.5) is 5.82 Å². The van der Waals surface area contributed by atoms with Crippen molar-refractivity contribution in [2.24, 2.45) is 11.3 Å². The number of nitrogens with one attached hydrogen (secondary N) is 2. The summed E-state index contributed by atoms with van der Waals surface area (Å²) in [6.07, 6.45) is -0.252. The van der Waals surface area contributed by atoms with Crippen molar-refractivity contribution in [2.45, 2.75) is 24.7 Å². The Balaban J connectivity index is 1.41. The predicted molar refractivity (Wildman–Crippen MR) is 123 cm³/mol. The number of fused-ring (bicyclic) bond motifs is 3. The molecule has 34 heavy (non-hydrogen) atoms. The van der Waals surface area contributed by atoms with Crippen LogP contribution >= 0.6 is 0 Å². The minimum atomic E-state index is -1.17. The number of furan rings is 1. The number of hydrogen-bond donors (Lipinski definition) is 4. The molecule has 10 nitrogen and oxygen atoms in total. The van der Waals surface area contributed by atoms with Crippen molar-refractivity contribution >= 4 is 33.9 Å². The van der Waals surface area contributed by atoms with Crippen molar-refractivity contribution < 1.29 is 19.4 Å². The van der Waals surface area contributed by atoms with Crippen LogP contribution in [0, 0.1) is 23.2 Å². The molecule has 1 amide bonds. The molecule has 2 aliphatic carbocycles. The van der Waals surface area contributed by atoms with Gasteiger partial charge in [0.1, 0.15) is 11.7 Å². The molecule has 0 aliphatic heterocycles. The fourth-order valence-corrected chi connectivity index (χ4v) is 5.31. The number of aliphatic hydroxyl groups excluding tert-OH is 2. The molecule has 4 N–H and O–H groups in total. The van der Waals surface area contributed by atoms with E-state index >= 15 is 0 Å². The number of hydrogen-bond acceptors (Lipinski definition) is 8. The molecule has 172 valence electrons. The molecule has 0 bridgehead atoms. The number of amides is 1. The van der Waals surface area contributed by atoms with Crippen LogP contribution in [0.25, 0.3) is 22.1 Å². The smallest absolute Gasteiger partial charge is 0.229 e. The van der Waals surface area contributed by atoms with Gasteiger partial charge in [0.05, 0.1) is 23.9 Å². The monoisotopic (exact) mass is 458 g/mol. The second kappa shape index (κ2) is 7.28. The summed E-state index contributed by atoms with van der Waals surface area (Å²) in [6, 6.07) is 8.95. The SMILES string of the molecule is CNC(=O)[C@]12CC1[C@@H](n1cnc3c(NC)nc(C#Cc4cc5ccccc5o4)nc31)C(O)[C@@H]2O. The number of carbonyl (C=O) groups is 1. The third-order valence-corrected chi connectivity index (χ3v) is 7.02. The van der Waals surface area contributed by atoms with E-state index in [1.54, 1.807) is 17.9 Å². The summed E-state index contributed by atoms with van der Waals surface area (Å²) in [4.78, 5) is 26.0. The molecule has 0 saturated heterocycles. The largest absolute Gasteiger partial charge is 0.448 e. The number of anilines is 1. The maximum Gasteiger partial charge on any atom is 0.229 e. The van der Waals surface area contributed by atoms with Crippen LogP contribution in [0.15, 0.2) is 41.1 Å². The molecule has 2 aliphatic rings. The summed E-state index contributed by atoms with van der Waals surface area (Å²) >= 11 is 0. The Bertz CT molecular complexity index is 1480. The lowest BCUT2D eigenvalue weighted by atomic mass is 9.98. The lowest BCUT2D eigenvalue weighted by Crippen LogP contribution is -2.41. The molecule has 6 rings (SSSR count). The van der Waals surface area contributed by atoms with Crippen molar-refractivity contribution in [2.75, 3.05) is 19.4 Å². The second-order valence-electron chi connectivity index (χ2n) is 8.72. The molecule has 0 radical (unpaired) electrons. The zero-order chi connectivity index (χ0) is 23.6. The quantitative estimate of drug-likeness (QED) is 0.334. The summed E-state index contributed by atoms with van der Waals surface area (Å²) in [7, 11) is 3.26. The minimum absolute atomic E-state index is 0.229. The zero-order valence-electron chi connectivity index (χ0n) is 18.5. The van der Waals surface area contributed by atoms with E-state index in [4.69, 9.17) is 4.42 Å². The van der Waals surface area contributed by atoms with Crippen molar-refractivity contribution in [3.8, 4) is 11.8 Å². The van der Waals surface area contributed by atoms with Gasteiger partial charge in [-0.3, -0.25) is 4.79 Å². The van der Waals surface area contributed by atoms with E-state index in [0.717, 1.165) is 11.0 Å². The standard InChI is InChI=1S/C24H22N6O4/c1-25-21-17-22(29-16(28-21)8-7-13-9-12-5-3-4-6-15(12)34-13)30(11-27-17)18-14-10-24(14,23(33)26-2)20(32)19(18)31/h3-6,9,11,14,18-20,31-32H,10H2,1-2H3,(H,26,33)(H,25,28,29)/t14?,18-,19?,20+,24-/m1/s1. The Morgan fingerprint density at radius 2 is 2.06 bits per heavy atom. The van der Waals surface area contributed by atoms with Crippen molar-refractivity contribution in [1.29, 1.82) is 0 Å². The lowest BCUT2D eigenvalue weighted by molar-refractivity contribution is -0.132. The van der Waals surface area contributed by atoms with E-state index in [0.29, 0.717) is 29.2 Å². The molecular weight excluding hydrogens is 436 g/mol. The van der Waals surface area contributed by atoms with Gasteiger partial charge in [-0.1, -0.05) is 18.2 Å². The molecule has 3 heterocycles. The predicted octanol–water partition coefficient (Wildman–Crippen LogP) is 1.04. The van der Waals surface area contributed by atoms with Crippen molar-refractivity contribution in [3.05, 3.63) is 48.2 Å². The first-order valence-corrected chi connectivity index (χ1v) is 11.0. The Labute approximate surface area is 194 Å². The molecule has 4 aromatic rings. The number of carbonyl (C=O) groups excluding carboxylic acids is 1. The van der Waals surface area contributed by atoms with Gasteiger partial charge in [-0.25, -0.2) is 15.0 Å². The first-order valence-electron chi connectivity index (χ1n) is 11.0. The Morgan fingerprint density at radius 3 is 2.82 bits per heavy atom. The molecule has 0 spiro atoms. The molecule has 3 aromatic heterocycles. The zero-order valence-corrected chi connectivity index (χ0v) is 18.5. The summed E-state index contributed by atoms with van der Waals surface area (Å²) < 4.78 is 7.48. The van der Waals surface area contributed by atoms with Crippen LogP contribution in [-0.2, 0) is 4.79 Å². The fraction of sp³-hybridized carbons (Fsp3) is 0.333. The van der Waals surface area contributed by atoms with E-state index in [1.807, 2.05) is 30.3 Å². The first-order chi connectivity index (χ1) is 16.5. The van der Waals surface area contributed by atoms with Gasteiger partial charge in [0.2, 0.25) is 11.7 Å². The summed E-state index contributed by atoms with van der Waals surface area (Å²) in [6.45, 7) is 0. The highest BCUT2D eigenvalue weighted by Crippen LogP contribution is 2.67. The van der Waals surface area contributed by atoms with E-state index < -0.39 is 23.7 Å². The minimum Gasteiger partial charge on any atom is -0.448 e. The molecule has 2 unspecified atom stereocenters. The van der Waals surface area contributed by atoms with E-state index in [1.165, 1.54) is 7.05 Å². The maximum atomic E-state index is 12.5. The average molecular weight is 458 g/mol. The highest BCUT2D eigenvalue weighted by molar-refractivity contribution is 5.88. The van der Waals surface area contributed by atoms with Gasteiger partial charge in [0.25, 0.3) is 0 Å². The summed E-state index contributed by atoms with van der Waals surface area (Å²) in [5.74, 6) is 6.65. The number of benzene rings is 1. The molecule has 2 saturated carbocycles. The highest BCUT2D eigenvalue weighted by atomic mass is 16.3. The van der Waals surface area contributed by atoms with Crippen LogP contribution in [0.5, 0.6) is 0 Å². The highest BCUT2D eigenvalue weighted by Gasteiger charge is 2.75. The number of aromatic nitrogens is 4. The van der Waals surface area contributed by atoms with Gasteiger partial charge < -0.3 is 29.8 Å². The van der Waals surface area contributed by atoms with Crippen molar-refractivity contribution in [1.82, 2.24) is 24.8 Å². The fourth-order valence-electron chi connectivity index (χ4n) is 5.31. The number of imidazole rings is 1. The number of rotatable bonds is 3. The molecule has 2 fully saturated rings. The third-order valence-electron chi connectivity index (χ3n) is 7.02. The Hall–Kier alpha value is -3.94. The molecule has 1 aromatic carbocycles. The van der Waals surface area contributed by atoms with E-state index in [9.17, 15) is 15.0 Å². The molecular formula is C24H22N6O4. The summed E-state index contributed by atoms with van der Waals surface area (Å²) in [5, 5.41) is 28.1. The van der Waals surface area contributed by atoms with Gasteiger partial charge in [-0.2, -0.15) is 0 Å². The normalized spacial score (nSPS) is 27.3. The van der Waals surface area contributed by atoms with Crippen LogP contribution in [0.3, 0.4) is 0 Å². The van der Waals surface area contributed by atoms with Crippen LogP contribution in [0.1, 0.15) is 24.0 Å². The van der Waals surface area contributed by atoms with Gasteiger partial charge in [0, 0.05) is 31.5 Å². The van der Waals surface area contributed by atoms with Crippen LogP contribution in [-0.4, -0.2) is 61.9 Å². The second-order valence-corrected chi connectivity index (χ2v) is 8.72. The molecule has 10 heteroatoms. The van der Waals surface area contributed by atoms with Crippen LogP contribution < -0.4 is 10.6 Å². The van der Waals surface area contributed by atoms with Gasteiger partial charge in [-0.15, -0.1) is 0 Å². The van der Waals surface area contributed by atoms with Gasteiger partial charge >= 0.3 is 0 Å². The Kier molecular flexibility index (Phi) is 4.42. The van der Waals surface area contributed by atoms with Gasteiger partial charge in [0.15, 0.2) is 22.7 Å².